The standard InChI is InChI=1S/C15H24ClFN2/c1-11(2)7-14(10-19(3)4)18-9-12-5-6-13(16)8-15(12)17/h5-6,8,11,14,18H,7,9-10H2,1-4H3. The van der Waals surface area contributed by atoms with Crippen LogP contribution < -0.4 is 5.32 Å². The molecule has 0 spiro atoms. The van der Waals surface area contributed by atoms with Crippen molar-refractivity contribution in [2.75, 3.05) is 20.6 Å². The van der Waals surface area contributed by atoms with Crippen molar-refractivity contribution in [2.45, 2.75) is 32.9 Å². The van der Waals surface area contributed by atoms with Gasteiger partial charge >= 0.3 is 0 Å². The molecule has 1 atom stereocenters. The monoisotopic (exact) mass is 286 g/mol. The second-order valence-electron chi connectivity index (χ2n) is 5.71. The molecule has 0 aliphatic heterocycles. The predicted octanol–water partition coefficient (Wildman–Crippen LogP) is 3.55. The SMILES string of the molecule is CC(C)CC(CN(C)C)NCc1ccc(Cl)cc1F. The van der Waals surface area contributed by atoms with Gasteiger partial charge in [-0.3, -0.25) is 0 Å². The van der Waals surface area contributed by atoms with E-state index in [4.69, 9.17) is 11.6 Å². The molecule has 1 aromatic rings. The van der Waals surface area contributed by atoms with Crippen LogP contribution in [-0.4, -0.2) is 31.6 Å². The van der Waals surface area contributed by atoms with Gasteiger partial charge in [0.2, 0.25) is 0 Å². The van der Waals surface area contributed by atoms with Gasteiger partial charge in [0.25, 0.3) is 0 Å². The van der Waals surface area contributed by atoms with Crippen molar-refractivity contribution in [3.8, 4) is 0 Å². The first-order valence-corrected chi connectivity index (χ1v) is 7.08. The zero-order chi connectivity index (χ0) is 14.4. The van der Waals surface area contributed by atoms with Crippen LogP contribution in [0.25, 0.3) is 0 Å². The number of benzene rings is 1. The number of hydrogen-bond acceptors (Lipinski definition) is 2. The van der Waals surface area contributed by atoms with Gasteiger partial charge in [0.1, 0.15) is 5.82 Å². The molecule has 1 unspecified atom stereocenters. The fourth-order valence-electron chi connectivity index (χ4n) is 2.15. The van der Waals surface area contributed by atoms with Gasteiger partial charge in [-0.05, 0) is 38.6 Å². The second kappa shape index (κ2) is 7.83. The van der Waals surface area contributed by atoms with E-state index in [0.717, 1.165) is 13.0 Å². The predicted molar refractivity (Wildman–Crippen MR) is 80.0 cm³/mol. The molecule has 19 heavy (non-hydrogen) atoms. The summed E-state index contributed by atoms with van der Waals surface area (Å²) >= 11 is 5.75. The van der Waals surface area contributed by atoms with E-state index >= 15 is 0 Å². The number of rotatable bonds is 7. The Bertz CT molecular complexity index is 384. The van der Waals surface area contributed by atoms with Crippen molar-refractivity contribution >= 4 is 11.6 Å². The molecule has 0 bridgehead atoms. The zero-order valence-electron chi connectivity index (χ0n) is 12.2. The smallest absolute Gasteiger partial charge is 0.129 e. The Balaban J connectivity index is 2.59. The fourth-order valence-corrected chi connectivity index (χ4v) is 2.31. The maximum atomic E-state index is 13.7. The first kappa shape index (κ1) is 16.4. The minimum atomic E-state index is -0.242. The van der Waals surface area contributed by atoms with Crippen LogP contribution in [-0.2, 0) is 6.54 Å². The molecular formula is C15H24ClFN2. The Morgan fingerprint density at radius 3 is 2.53 bits per heavy atom. The molecule has 0 aliphatic rings. The Kier molecular flexibility index (Phi) is 6.76. The number of hydrogen-bond donors (Lipinski definition) is 1. The molecule has 0 radical (unpaired) electrons. The molecule has 0 saturated carbocycles. The summed E-state index contributed by atoms with van der Waals surface area (Å²) in [5, 5.41) is 3.87. The van der Waals surface area contributed by atoms with Crippen LogP contribution in [0.15, 0.2) is 18.2 Å². The minimum absolute atomic E-state index is 0.242. The summed E-state index contributed by atoms with van der Waals surface area (Å²) in [7, 11) is 4.11. The maximum Gasteiger partial charge on any atom is 0.129 e. The summed E-state index contributed by atoms with van der Waals surface area (Å²) in [6.07, 6.45) is 1.08. The average molecular weight is 287 g/mol. The molecule has 0 aliphatic carbocycles. The summed E-state index contributed by atoms with van der Waals surface area (Å²) in [6.45, 7) is 5.89. The van der Waals surface area contributed by atoms with Crippen LogP contribution in [0.5, 0.6) is 0 Å². The lowest BCUT2D eigenvalue weighted by Crippen LogP contribution is -2.39. The average Bonchev–Trinajstić information content (AvgIpc) is 2.25. The Hall–Kier alpha value is -0.640. The van der Waals surface area contributed by atoms with E-state index in [1.165, 1.54) is 6.07 Å². The van der Waals surface area contributed by atoms with Gasteiger partial charge in [-0.15, -0.1) is 0 Å². The Morgan fingerprint density at radius 2 is 2.00 bits per heavy atom. The van der Waals surface area contributed by atoms with Gasteiger partial charge in [0, 0.05) is 29.7 Å². The van der Waals surface area contributed by atoms with Crippen LogP contribution in [0.1, 0.15) is 25.8 Å². The molecule has 2 nitrogen and oxygen atoms in total. The summed E-state index contributed by atoms with van der Waals surface area (Å²) < 4.78 is 13.7. The molecule has 0 fully saturated rings. The van der Waals surface area contributed by atoms with Gasteiger partial charge in [-0.1, -0.05) is 31.5 Å². The van der Waals surface area contributed by atoms with Crippen LogP contribution in [0.2, 0.25) is 5.02 Å². The lowest BCUT2D eigenvalue weighted by atomic mass is 10.0. The maximum absolute atomic E-state index is 13.7. The molecule has 0 saturated heterocycles. The van der Waals surface area contributed by atoms with Crippen molar-refractivity contribution in [1.29, 1.82) is 0 Å². The lowest BCUT2D eigenvalue weighted by molar-refractivity contribution is 0.304. The van der Waals surface area contributed by atoms with Crippen molar-refractivity contribution < 1.29 is 4.39 Å². The quantitative estimate of drug-likeness (QED) is 0.825. The molecule has 1 N–H and O–H groups in total. The zero-order valence-corrected chi connectivity index (χ0v) is 13.0. The van der Waals surface area contributed by atoms with E-state index < -0.39 is 0 Å². The number of halogens is 2. The van der Waals surface area contributed by atoms with E-state index in [9.17, 15) is 4.39 Å². The highest BCUT2D eigenvalue weighted by Crippen LogP contribution is 2.15. The van der Waals surface area contributed by atoms with Crippen molar-refractivity contribution in [3.05, 3.63) is 34.6 Å². The second-order valence-corrected chi connectivity index (χ2v) is 6.14. The number of nitrogens with zero attached hydrogens (tertiary/aromatic N) is 1. The van der Waals surface area contributed by atoms with E-state index in [1.807, 2.05) is 0 Å². The normalized spacial score (nSPS) is 13.3. The van der Waals surface area contributed by atoms with Crippen LogP contribution in [0.4, 0.5) is 4.39 Å². The molecule has 0 amide bonds. The lowest BCUT2D eigenvalue weighted by Gasteiger charge is -2.24. The molecule has 0 aromatic heterocycles. The molecular weight excluding hydrogens is 263 g/mol. The van der Waals surface area contributed by atoms with Gasteiger partial charge in [-0.25, -0.2) is 4.39 Å². The summed E-state index contributed by atoms with van der Waals surface area (Å²) in [6, 6.07) is 5.20. The number of nitrogens with one attached hydrogen (secondary N) is 1. The summed E-state index contributed by atoms with van der Waals surface area (Å²) in [4.78, 5) is 2.15. The van der Waals surface area contributed by atoms with Gasteiger partial charge in [0.15, 0.2) is 0 Å². The minimum Gasteiger partial charge on any atom is -0.309 e. The highest BCUT2D eigenvalue weighted by molar-refractivity contribution is 6.30. The van der Waals surface area contributed by atoms with Crippen molar-refractivity contribution in [3.63, 3.8) is 0 Å². The molecule has 108 valence electrons. The van der Waals surface area contributed by atoms with Crippen LogP contribution in [0, 0.1) is 11.7 Å². The number of likely N-dealkylation sites (N-methyl/N-ethyl adjacent to an activating group) is 1. The molecule has 1 aromatic carbocycles. The van der Waals surface area contributed by atoms with E-state index in [1.54, 1.807) is 12.1 Å². The molecule has 1 rings (SSSR count). The fraction of sp³-hybridized carbons (Fsp3) is 0.600. The third kappa shape index (κ3) is 6.37. The highest BCUT2D eigenvalue weighted by Gasteiger charge is 2.12. The van der Waals surface area contributed by atoms with E-state index in [-0.39, 0.29) is 5.82 Å². The third-order valence-corrected chi connectivity index (χ3v) is 3.17. The third-order valence-electron chi connectivity index (χ3n) is 2.94. The Morgan fingerprint density at radius 1 is 1.32 bits per heavy atom. The van der Waals surface area contributed by atoms with Crippen molar-refractivity contribution in [1.82, 2.24) is 10.2 Å². The van der Waals surface area contributed by atoms with E-state index in [2.05, 4.69) is 38.2 Å². The largest absolute Gasteiger partial charge is 0.309 e. The first-order chi connectivity index (χ1) is 8.88. The Labute approximate surface area is 120 Å². The van der Waals surface area contributed by atoms with Crippen molar-refractivity contribution in [2.24, 2.45) is 5.92 Å². The summed E-state index contributed by atoms with van der Waals surface area (Å²) in [5.41, 5.74) is 0.664. The van der Waals surface area contributed by atoms with E-state index in [0.29, 0.717) is 29.1 Å². The topological polar surface area (TPSA) is 15.3 Å². The highest BCUT2D eigenvalue weighted by atomic mass is 35.5. The first-order valence-electron chi connectivity index (χ1n) is 6.70. The molecule has 4 heteroatoms. The van der Waals surface area contributed by atoms with Gasteiger partial charge in [-0.2, -0.15) is 0 Å². The van der Waals surface area contributed by atoms with Gasteiger partial charge < -0.3 is 10.2 Å². The summed E-state index contributed by atoms with van der Waals surface area (Å²) in [5.74, 6) is 0.376. The van der Waals surface area contributed by atoms with Crippen LogP contribution >= 0.6 is 11.6 Å². The molecule has 0 heterocycles. The van der Waals surface area contributed by atoms with Crippen LogP contribution in [0.3, 0.4) is 0 Å². The van der Waals surface area contributed by atoms with Gasteiger partial charge in [0.05, 0.1) is 0 Å².